The molecule has 4 nitrogen and oxygen atoms in total. The summed E-state index contributed by atoms with van der Waals surface area (Å²) in [7, 11) is -3.57. The first-order valence-electron chi connectivity index (χ1n) is 4.93. The van der Waals surface area contributed by atoms with Gasteiger partial charge >= 0.3 is 0 Å². The van der Waals surface area contributed by atoms with E-state index in [1.54, 1.807) is 22.9 Å². The summed E-state index contributed by atoms with van der Waals surface area (Å²) in [4.78, 5) is 0. The highest BCUT2D eigenvalue weighted by Crippen LogP contribution is 2.27. The number of hydrogen-bond acceptors (Lipinski definition) is 5. The van der Waals surface area contributed by atoms with Crippen molar-refractivity contribution in [3.63, 3.8) is 0 Å². The van der Waals surface area contributed by atoms with Crippen molar-refractivity contribution in [2.75, 3.05) is 6.54 Å². The third-order valence-electron chi connectivity index (χ3n) is 2.22. The zero-order valence-corrected chi connectivity index (χ0v) is 13.1. The van der Waals surface area contributed by atoms with E-state index in [2.05, 4.69) is 20.7 Å². The SMILES string of the molecule is O=S(=O)(NCC(O)c1ccsc1)c1sccc1Br. The van der Waals surface area contributed by atoms with Crippen LogP contribution in [0, 0.1) is 0 Å². The zero-order valence-electron chi connectivity index (χ0n) is 9.04. The number of halogens is 1. The van der Waals surface area contributed by atoms with Crippen molar-refractivity contribution in [1.82, 2.24) is 4.72 Å². The van der Waals surface area contributed by atoms with Crippen molar-refractivity contribution in [2.24, 2.45) is 0 Å². The topological polar surface area (TPSA) is 66.4 Å². The van der Waals surface area contributed by atoms with Gasteiger partial charge in [0.1, 0.15) is 4.21 Å². The highest BCUT2D eigenvalue weighted by molar-refractivity contribution is 9.10. The fourth-order valence-electron chi connectivity index (χ4n) is 1.31. The van der Waals surface area contributed by atoms with Gasteiger partial charge in [-0.05, 0) is 49.8 Å². The van der Waals surface area contributed by atoms with E-state index in [0.29, 0.717) is 10.0 Å². The summed E-state index contributed by atoms with van der Waals surface area (Å²) in [6.07, 6.45) is -0.829. The van der Waals surface area contributed by atoms with Crippen LogP contribution in [0.3, 0.4) is 0 Å². The molecule has 1 atom stereocenters. The monoisotopic (exact) mass is 367 g/mol. The Hall–Kier alpha value is -0.250. The second-order valence-corrected chi connectivity index (χ2v) is 7.99. The maximum absolute atomic E-state index is 11.9. The Morgan fingerprint density at radius 1 is 1.39 bits per heavy atom. The molecule has 1 unspecified atom stereocenters. The number of aliphatic hydroxyl groups excluding tert-OH is 1. The largest absolute Gasteiger partial charge is 0.387 e. The molecule has 0 aliphatic rings. The Balaban J connectivity index is 2.04. The fraction of sp³-hybridized carbons (Fsp3) is 0.200. The molecule has 2 aromatic heterocycles. The molecule has 18 heavy (non-hydrogen) atoms. The summed E-state index contributed by atoms with van der Waals surface area (Å²) in [5.41, 5.74) is 0.716. The Kier molecular flexibility index (Phi) is 4.57. The van der Waals surface area contributed by atoms with Crippen molar-refractivity contribution in [1.29, 1.82) is 0 Å². The molecule has 0 aliphatic carbocycles. The number of rotatable bonds is 5. The summed E-state index contributed by atoms with van der Waals surface area (Å²) in [5, 5.41) is 15.1. The molecule has 2 aromatic rings. The Labute approximate surface area is 121 Å². The fourth-order valence-corrected chi connectivity index (χ4v) is 5.43. The van der Waals surface area contributed by atoms with Gasteiger partial charge in [-0.25, -0.2) is 13.1 Å². The third kappa shape index (κ3) is 3.19. The number of sulfonamides is 1. The first-order valence-corrected chi connectivity index (χ1v) is 9.03. The molecular weight excluding hydrogens is 358 g/mol. The first kappa shape index (κ1) is 14.2. The second-order valence-electron chi connectivity index (χ2n) is 3.48. The van der Waals surface area contributed by atoms with Gasteiger partial charge in [-0.1, -0.05) is 0 Å². The molecule has 0 saturated heterocycles. The lowest BCUT2D eigenvalue weighted by molar-refractivity contribution is 0.182. The average molecular weight is 368 g/mol. The van der Waals surface area contributed by atoms with Gasteiger partial charge in [0, 0.05) is 11.0 Å². The van der Waals surface area contributed by atoms with E-state index in [1.165, 1.54) is 11.3 Å². The lowest BCUT2D eigenvalue weighted by atomic mass is 10.2. The lowest BCUT2D eigenvalue weighted by Crippen LogP contribution is -2.28. The molecule has 0 aliphatic heterocycles. The van der Waals surface area contributed by atoms with E-state index in [1.807, 2.05) is 5.38 Å². The summed E-state index contributed by atoms with van der Waals surface area (Å²) in [6, 6.07) is 3.44. The van der Waals surface area contributed by atoms with Crippen LogP contribution < -0.4 is 4.72 Å². The molecule has 0 spiro atoms. The maximum atomic E-state index is 11.9. The minimum absolute atomic E-state index is 0.0383. The molecule has 2 rings (SSSR count). The number of hydrogen-bond donors (Lipinski definition) is 2. The number of thiophene rings is 2. The van der Waals surface area contributed by atoms with Crippen molar-refractivity contribution in [3.8, 4) is 0 Å². The van der Waals surface area contributed by atoms with Gasteiger partial charge in [0.05, 0.1) is 6.10 Å². The van der Waals surface area contributed by atoms with Crippen LogP contribution in [0.1, 0.15) is 11.7 Å². The molecule has 0 saturated carbocycles. The van der Waals surface area contributed by atoms with Gasteiger partial charge in [0.2, 0.25) is 0 Å². The second kappa shape index (κ2) is 5.81. The molecular formula is C10H10BrNO3S3. The maximum Gasteiger partial charge on any atom is 0.251 e. The van der Waals surface area contributed by atoms with Crippen LogP contribution in [0.4, 0.5) is 0 Å². The minimum Gasteiger partial charge on any atom is -0.387 e. The van der Waals surface area contributed by atoms with Crippen LogP contribution in [0.5, 0.6) is 0 Å². The van der Waals surface area contributed by atoms with Gasteiger partial charge in [0.15, 0.2) is 0 Å². The third-order valence-corrected chi connectivity index (χ3v) is 7.02. The summed E-state index contributed by atoms with van der Waals surface area (Å²) >= 11 is 5.77. The average Bonchev–Trinajstić information content (AvgIpc) is 2.96. The quantitative estimate of drug-likeness (QED) is 0.853. The predicted octanol–water partition coefficient (Wildman–Crippen LogP) is 2.58. The van der Waals surface area contributed by atoms with Gasteiger partial charge in [-0.3, -0.25) is 0 Å². The highest BCUT2D eigenvalue weighted by Gasteiger charge is 2.20. The van der Waals surface area contributed by atoms with E-state index in [-0.39, 0.29) is 10.8 Å². The van der Waals surface area contributed by atoms with Crippen LogP contribution in [-0.2, 0) is 10.0 Å². The Bertz CT molecular complexity index is 606. The van der Waals surface area contributed by atoms with Gasteiger partial charge in [-0.2, -0.15) is 11.3 Å². The van der Waals surface area contributed by atoms with E-state index in [0.717, 1.165) is 11.3 Å². The van der Waals surface area contributed by atoms with Crippen molar-refractivity contribution >= 4 is 48.6 Å². The van der Waals surface area contributed by atoms with E-state index in [4.69, 9.17) is 0 Å². The molecule has 0 bridgehead atoms. The van der Waals surface area contributed by atoms with Crippen molar-refractivity contribution < 1.29 is 13.5 Å². The van der Waals surface area contributed by atoms with Gasteiger partial charge in [0.25, 0.3) is 10.0 Å². The Morgan fingerprint density at radius 3 is 2.72 bits per heavy atom. The smallest absolute Gasteiger partial charge is 0.251 e. The standard InChI is InChI=1S/C10H10BrNO3S3/c11-8-2-4-17-10(8)18(14,15)12-5-9(13)7-1-3-16-6-7/h1-4,6,9,12-13H,5H2. The first-order chi connectivity index (χ1) is 8.50. The molecule has 0 aromatic carbocycles. The van der Waals surface area contributed by atoms with Gasteiger partial charge in [-0.15, -0.1) is 11.3 Å². The van der Waals surface area contributed by atoms with Crippen LogP contribution in [0.2, 0.25) is 0 Å². The normalized spacial score (nSPS) is 13.7. The van der Waals surface area contributed by atoms with Crippen LogP contribution >= 0.6 is 38.6 Å². The van der Waals surface area contributed by atoms with Crippen LogP contribution in [0.15, 0.2) is 37.0 Å². The lowest BCUT2D eigenvalue weighted by Gasteiger charge is -2.10. The number of nitrogens with one attached hydrogen (secondary N) is 1. The molecule has 0 fully saturated rings. The highest BCUT2D eigenvalue weighted by atomic mass is 79.9. The van der Waals surface area contributed by atoms with Crippen LogP contribution in [0.25, 0.3) is 0 Å². The Morgan fingerprint density at radius 2 is 2.17 bits per heavy atom. The molecule has 2 heterocycles. The van der Waals surface area contributed by atoms with E-state index < -0.39 is 16.1 Å². The summed E-state index contributed by atoms with van der Waals surface area (Å²) in [5.74, 6) is 0. The summed E-state index contributed by atoms with van der Waals surface area (Å²) < 4.78 is 27.1. The van der Waals surface area contributed by atoms with E-state index in [9.17, 15) is 13.5 Å². The molecule has 8 heteroatoms. The van der Waals surface area contributed by atoms with Crippen molar-refractivity contribution in [2.45, 2.75) is 10.3 Å². The molecule has 98 valence electrons. The van der Waals surface area contributed by atoms with Crippen molar-refractivity contribution in [3.05, 3.63) is 38.3 Å². The van der Waals surface area contributed by atoms with E-state index >= 15 is 0 Å². The molecule has 0 amide bonds. The van der Waals surface area contributed by atoms with Crippen LogP contribution in [-0.4, -0.2) is 20.1 Å². The summed E-state index contributed by atoms with van der Waals surface area (Å²) in [6.45, 7) is -0.0383. The molecule has 0 radical (unpaired) electrons. The zero-order chi connectivity index (χ0) is 13.2. The predicted molar refractivity (Wildman–Crippen MR) is 76.5 cm³/mol. The molecule has 2 N–H and O–H groups in total. The number of aliphatic hydroxyl groups is 1. The van der Waals surface area contributed by atoms with Gasteiger partial charge < -0.3 is 5.11 Å². The minimum atomic E-state index is -3.57.